The summed E-state index contributed by atoms with van der Waals surface area (Å²) in [5, 5.41) is 3.43. The summed E-state index contributed by atoms with van der Waals surface area (Å²) in [5.41, 5.74) is 6.32. The fourth-order valence-electron chi connectivity index (χ4n) is 0.854. The van der Waals surface area contributed by atoms with Crippen molar-refractivity contribution in [2.45, 2.75) is 6.54 Å². The van der Waals surface area contributed by atoms with Gasteiger partial charge in [-0.05, 0) is 11.6 Å². The van der Waals surface area contributed by atoms with Gasteiger partial charge >= 0.3 is 0 Å². The van der Waals surface area contributed by atoms with Gasteiger partial charge in [-0.15, -0.1) is 6.42 Å². The lowest BCUT2D eigenvalue weighted by atomic mass is 10.3. The predicted molar refractivity (Wildman–Crippen MR) is 54.5 cm³/mol. The van der Waals surface area contributed by atoms with E-state index in [0.717, 1.165) is 5.56 Å². The third kappa shape index (κ3) is 2.62. The quantitative estimate of drug-likeness (QED) is 0.714. The molecule has 0 aliphatic heterocycles. The van der Waals surface area contributed by atoms with E-state index in [9.17, 15) is 0 Å². The number of terminal acetylenes is 1. The summed E-state index contributed by atoms with van der Waals surface area (Å²) >= 11 is 5.89. The van der Waals surface area contributed by atoms with Gasteiger partial charge in [-0.2, -0.15) is 0 Å². The Bertz CT molecular complexity index is 330. The Morgan fingerprint density at radius 2 is 2.46 bits per heavy atom. The van der Waals surface area contributed by atoms with Crippen molar-refractivity contribution in [2.75, 3.05) is 11.9 Å². The van der Waals surface area contributed by atoms with Crippen LogP contribution in [0.25, 0.3) is 0 Å². The maximum Gasteiger partial charge on any atom is 0.145 e. The molecule has 0 saturated heterocycles. The van der Waals surface area contributed by atoms with E-state index in [4.69, 9.17) is 23.8 Å². The minimum Gasteiger partial charge on any atom is -0.358 e. The molecule has 0 aliphatic rings. The molecule has 4 heteroatoms. The molecule has 68 valence electrons. The van der Waals surface area contributed by atoms with Gasteiger partial charge in [0.15, 0.2) is 0 Å². The van der Waals surface area contributed by atoms with Crippen LogP contribution in [0.2, 0.25) is 5.02 Å². The predicted octanol–water partition coefficient (Wildman–Crippen LogP) is 1.24. The molecule has 3 N–H and O–H groups in total. The van der Waals surface area contributed by atoms with Crippen molar-refractivity contribution < 1.29 is 0 Å². The third-order valence-electron chi connectivity index (χ3n) is 1.49. The lowest BCUT2D eigenvalue weighted by Crippen LogP contribution is -2.03. The molecule has 0 amide bonds. The van der Waals surface area contributed by atoms with E-state index in [0.29, 0.717) is 23.9 Å². The molecule has 1 aromatic rings. The maximum absolute atomic E-state index is 5.89. The second-order valence-electron chi connectivity index (χ2n) is 2.44. The standard InChI is InChI=1S/C9H10ClN3/c1-2-3-12-9-8(10)4-7(5-11)6-13-9/h1,4,6H,3,5,11H2,(H,12,13). The van der Waals surface area contributed by atoms with Crippen LogP contribution < -0.4 is 11.1 Å². The number of aromatic nitrogens is 1. The van der Waals surface area contributed by atoms with Crippen LogP contribution in [0.15, 0.2) is 12.3 Å². The fourth-order valence-corrected chi connectivity index (χ4v) is 1.11. The summed E-state index contributed by atoms with van der Waals surface area (Å²) in [4.78, 5) is 4.07. The van der Waals surface area contributed by atoms with E-state index in [1.807, 2.05) is 0 Å². The van der Waals surface area contributed by atoms with E-state index in [1.54, 1.807) is 12.3 Å². The van der Waals surface area contributed by atoms with Crippen LogP contribution in [0.4, 0.5) is 5.82 Å². The molecule has 0 radical (unpaired) electrons. The highest BCUT2D eigenvalue weighted by Gasteiger charge is 2.00. The second-order valence-corrected chi connectivity index (χ2v) is 2.84. The Labute approximate surface area is 82.3 Å². The van der Waals surface area contributed by atoms with Gasteiger partial charge in [-0.1, -0.05) is 17.5 Å². The molecule has 0 fully saturated rings. The van der Waals surface area contributed by atoms with Crippen LogP contribution in [-0.4, -0.2) is 11.5 Å². The molecule has 0 unspecified atom stereocenters. The molecule has 0 atom stereocenters. The molecule has 0 spiro atoms. The van der Waals surface area contributed by atoms with Crippen molar-refractivity contribution in [3.8, 4) is 12.3 Å². The highest BCUT2D eigenvalue weighted by Crippen LogP contribution is 2.19. The van der Waals surface area contributed by atoms with E-state index in [1.165, 1.54) is 0 Å². The Balaban J connectivity index is 2.80. The molecule has 1 rings (SSSR count). The number of nitrogens with zero attached hydrogens (tertiary/aromatic N) is 1. The number of hydrogen-bond donors (Lipinski definition) is 2. The maximum atomic E-state index is 5.89. The third-order valence-corrected chi connectivity index (χ3v) is 1.78. The van der Waals surface area contributed by atoms with Gasteiger partial charge in [0, 0.05) is 12.7 Å². The van der Waals surface area contributed by atoms with Gasteiger partial charge in [-0.3, -0.25) is 0 Å². The summed E-state index contributed by atoms with van der Waals surface area (Å²) in [6.45, 7) is 0.844. The minimum atomic E-state index is 0.411. The zero-order valence-corrected chi connectivity index (χ0v) is 7.80. The van der Waals surface area contributed by atoms with E-state index in [-0.39, 0.29) is 0 Å². The van der Waals surface area contributed by atoms with Crippen molar-refractivity contribution in [2.24, 2.45) is 5.73 Å². The van der Waals surface area contributed by atoms with Crippen LogP contribution in [0.3, 0.4) is 0 Å². The molecule has 0 bridgehead atoms. The molecule has 0 saturated carbocycles. The Kier molecular flexibility index (Phi) is 3.56. The van der Waals surface area contributed by atoms with Crippen LogP contribution in [0.1, 0.15) is 5.56 Å². The largest absolute Gasteiger partial charge is 0.358 e. The molecule has 1 aromatic heterocycles. The zero-order valence-electron chi connectivity index (χ0n) is 7.05. The van der Waals surface area contributed by atoms with Gasteiger partial charge in [0.25, 0.3) is 0 Å². The lowest BCUT2D eigenvalue weighted by molar-refractivity contribution is 1.05. The van der Waals surface area contributed by atoms with Crippen molar-refractivity contribution in [1.29, 1.82) is 0 Å². The monoisotopic (exact) mass is 195 g/mol. The van der Waals surface area contributed by atoms with Crippen molar-refractivity contribution in [1.82, 2.24) is 4.98 Å². The van der Waals surface area contributed by atoms with Gasteiger partial charge in [0.2, 0.25) is 0 Å². The molecule has 0 aromatic carbocycles. The second kappa shape index (κ2) is 4.70. The zero-order chi connectivity index (χ0) is 9.68. The SMILES string of the molecule is C#CCNc1ncc(CN)cc1Cl. The first kappa shape index (κ1) is 9.85. The number of nitrogens with two attached hydrogens (primary N) is 1. The normalized spacial score (nSPS) is 9.31. The van der Waals surface area contributed by atoms with E-state index >= 15 is 0 Å². The van der Waals surface area contributed by atoms with Crippen LogP contribution in [0.5, 0.6) is 0 Å². The van der Waals surface area contributed by atoms with Crippen LogP contribution in [-0.2, 0) is 6.54 Å². The fraction of sp³-hybridized carbons (Fsp3) is 0.222. The van der Waals surface area contributed by atoms with E-state index < -0.39 is 0 Å². The van der Waals surface area contributed by atoms with E-state index in [2.05, 4.69) is 16.2 Å². The number of rotatable bonds is 3. The number of halogens is 1. The Morgan fingerprint density at radius 1 is 1.69 bits per heavy atom. The molecular formula is C9H10ClN3. The molecule has 3 nitrogen and oxygen atoms in total. The van der Waals surface area contributed by atoms with Gasteiger partial charge < -0.3 is 11.1 Å². The lowest BCUT2D eigenvalue weighted by Gasteiger charge is -2.04. The number of nitrogens with one attached hydrogen (secondary N) is 1. The highest BCUT2D eigenvalue weighted by atomic mass is 35.5. The molecule has 13 heavy (non-hydrogen) atoms. The molecular weight excluding hydrogens is 186 g/mol. The summed E-state index contributed by atoms with van der Waals surface area (Å²) in [7, 11) is 0. The van der Waals surface area contributed by atoms with Crippen LogP contribution in [0, 0.1) is 12.3 Å². The summed E-state index contributed by atoms with van der Waals surface area (Å²) < 4.78 is 0. The first-order valence-electron chi connectivity index (χ1n) is 3.79. The minimum absolute atomic E-state index is 0.411. The van der Waals surface area contributed by atoms with Crippen molar-refractivity contribution in [3.63, 3.8) is 0 Å². The van der Waals surface area contributed by atoms with Crippen LogP contribution >= 0.6 is 11.6 Å². The molecule has 1 heterocycles. The average Bonchev–Trinajstić information content (AvgIpc) is 2.16. The first-order valence-corrected chi connectivity index (χ1v) is 4.17. The van der Waals surface area contributed by atoms with Crippen molar-refractivity contribution >= 4 is 17.4 Å². The number of hydrogen-bond acceptors (Lipinski definition) is 3. The topological polar surface area (TPSA) is 50.9 Å². The van der Waals surface area contributed by atoms with Crippen molar-refractivity contribution in [3.05, 3.63) is 22.8 Å². The molecule has 0 aliphatic carbocycles. The summed E-state index contributed by atoms with van der Waals surface area (Å²) in [6.07, 6.45) is 6.75. The smallest absolute Gasteiger partial charge is 0.145 e. The van der Waals surface area contributed by atoms with Gasteiger partial charge in [0.1, 0.15) is 5.82 Å². The first-order chi connectivity index (χ1) is 6.27. The highest BCUT2D eigenvalue weighted by molar-refractivity contribution is 6.32. The van der Waals surface area contributed by atoms with Gasteiger partial charge in [0.05, 0.1) is 11.6 Å². The average molecular weight is 196 g/mol. The number of anilines is 1. The summed E-state index contributed by atoms with van der Waals surface area (Å²) in [5.74, 6) is 3.03. The summed E-state index contributed by atoms with van der Waals surface area (Å²) in [6, 6.07) is 1.77. The number of pyridine rings is 1. The van der Waals surface area contributed by atoms with Gasteiger partial charge in [-0.25, -0.2) is 4.98 Å². The Hall–Kier alpha value is -1.24. The Morgan fingerprint density at radius 3 is 3.00 bits per heavy atom.